The number of halogens is 1. The van der Waals surface area contributed by atoms with Crippen molar-refractivity contribution in [1.82, 2.24) is 10.3 Å². The van der Waals surface area contributed by atoms with Crippen LogP contribution in [0, 0.1) is 0 Å². The summed E-state index contributed by atoms with van der Waals surface area (Å²) in [7, 11) is 3.99. The van der Waals surface area contributed by atoms with Crippen LogP contribution in [0.25, 0.3) is 10.9 Å². The maximum absolute atomic E-state index is 13.2. The van der Waals surface area contributed by atoms with Crippen molar-refractivity contribution in [2.45, 2.75) is 45.1 Å². The van der Waals surface area contributed by atoms with E-state index in [9.17, 15) is 9.90 Å². The number of hydrogen-bond donors (Lipinski definition) is 3. The van der Waals surface area contributed by atoms with Crippen molar-refractivity contribution in [2.75, 3.05) is 25.6 Å². The molecular weight excluding hydrogens is 410 g/mol. The number of aliphatic hydroxyl groups excluding tert-OH is 1. The lowest BCUT2D eigenvalue weighted by Crippen LogP contribution is -2.39. The Hall–Kier alpha value is -2.50. The molecule has 2 aromatic carbocycles. The summed E-state index contributed by atoms with van der Waals surface area (Å²) in [5.41, 5.74) is 4.64. The van der Waals surface area contributed by atoms with Crippen LogP contribution in [-0.4, -0.2) is 42.7 Å². The molecule has 3 rings (SSSR count). The molecule has 31 heavy (non-hydrogen) atoms. The molecule has 0 spiro atoms. The van der Waals surface area contributed by atoms with Crippen molar-refractivity contribution in [3.8, 4) is 0 Å². The average molecular weight is 442 g/mol. The molecule has 0 bridgehead atoms. The van der Waals surface area contributed by atoms with Gasteiger partial charge in [-0.05, 0) is 60.7 Å². The summed E-state index contributed by atoms with van der Waals surface area (Å²) in [6, 6.07) is 13.4. The largest absolute Gasteiger partial charge is 0.394 e. The van der Waals surface area contributed by atoms with Crippen LogP contribution in [0.15, 0.2) is 42.5 Å². The van der Waals surface area contributed by atoms with Gasteiger partial charge in [0.05, 0.1) is 12.6 Å². The number of nitrogens with one attached hydrogen (secondary N) is 2. The third-order valence-corrected chi connectivity index (χ3v) is 5.85. The highest BCUT2D eigenvalue weighted by Crippen LogP contribution is 2.27. The summed E-state index contributed by atoms with van der Waals surface area (Å²) in [6.07, 6.45) is 4.61. The maximum atomic E-state index is 13.2. The molecule has 6 heteroatoms. The number of H-pyrrole nitrogens is 1. The fraction of sp³-hybridized carbons (Fsp3) is 0.400. The second-order valence-corrected chi connectivity index (χ2v) is 8.68. The predicted molar refractivity (Wildman–Crippen MR) is 129 cm³/mol. The minimum Gasteiger partial charge on any atom is -0.394 e. The van der Waals surface area contributed by atoms with Gasteiger partial charge < -0.3 is 20.3 Å². The van der Waals surface area contributed by atoms with Crippen LogP contribution in [0.5, 0.6) is 0 Å². The zero-order chi connectivity index (χ0) is 22.4. The summed E-state index contributed by atoms with van der Waals surface area (Å²) in [5.74, 6) is -0.192. The van der Waals surface area contributed by atoms with Gasteiger partial charge in [0, 0.05) is 35.7 Å². The molecule has 1 amide bonds. The molecule has 3 aromatic rings. The van der Waals surface area contributed by atoms with E-state index in [2.05, 4.69) is 17.2 Å². The minimum absolute atomic E-state index is 0.127. The molecule has 0 saturated carbocycles. The lowest BCUT2D eigenvalue weighted by Gasteiger charge is -2.18. The number of aromatic amines is 1. The normalized spacial score (nSPS) is 12.2. The number of carbonyl (C=O) groups is 1. The third kappa shape index (κ3) is 5.81. The van der Waals surface area contributed by atoms with Gasteiger partial charge in [0.1, 0.15) is 5.69 Å². The van der Waals surface area contributed by atoms with E-state index in [1.54, 1.807) is 0 Å². The van der Waals surface area contributed by atoms with E-state index in [0.717, 1.165) is 53.4 Å². The average Bonchev–Trinajstić information content (AvgIpc) is 3.11. The SMILES string of the molecule is CCCCCc1c(C(=O)NC(CO)Cc2ccc(N(C)C)cc2)[nH]c2ccc(Cl)cc12. The molecule has 1 atom stereocenters. The van der Waals surface area contributed by atoms with Gasteiger partial charge in [0.2, 0.25) is 0 Å². The van der Waals surface area contributed by atoms with Crippen molar-refractivity contribution in [3.63, 3.8) is 0 Å². The lowest BCUT2D eigenvalue weighted by atomic mass is 10.0. The van der Waals surface area contributed by atoms with E-state index in [1.165, 1.54) is 0 Å². The Balaban J connectivity index is 1.79. The molecule has 0 aliphatic rings. The first-order valence-electron chi connectivity index (χ1n) is 10.9. The molecule has 1 aromatic heterocycles. The first-order chi connectivity index (χ1) is 14.9. The van der Waals surface area contributed by atoms with Gasteiger partial charge in [-0.2, -0.15) is 0 Å². The number of hydrogen-bond acceptors (Lipinski definition) is 3. The summed E-state index contributed by atoms with van der Waals surface area (Å²) in [5, 5.41) is 14.6. The van der Waals surface area contributed by atoms with Gasteiger partial charge in [-0.1, -0.05) is 43.5 Å². The molecule has 0 fully saturated rings. The van der Waals surface area contributed by atoms with Crippen LogP contribution in [-0.2, 0) is 12.8 Å². The zero-order valence-electron chi connectivity index (χ0n) is 18.5. The Morgan fingerprint density at radius 3 is 2.55 bits per heavy atom. The summed E-state index contributed by atoms with van der Waals surface area (Å²) >= 11 is 6.22. The molecule has 1 unspecified atom stereocenters. The number of anilines is 1. The molecule has 5 nitrogen and oxygen atoms in total. The highest BCUT2D eigenvalue weighted by molar-refractivity contribution is 6.31. The van der Waals surface area contributed by atoms with Gasteiger partial charge in [-0.15, -0.1) is 0 Å². The van der Waals surface area contributed by atoms with E-state index >= 15 is 0 Å². The number of aromatic nitrogens is 1. The van der Waals surface area contributed by atoms with Crippen LogP contribution < -0.4 is 10.2 Å². The maximum Gasteiger partial charge on any atom is 0.268 e. The highest BCUT2D eigenvalue weighted by Gasteiger charge is 2.20. The van der Waals surface area contributed by atoms with E-state index in [1.807, 2.05) is 61.5 Å². The Labute approximate surface area is 189 Å². The molecule has 0 saturated heterocycles. The molecule has 0 aliphatic heterocycles. The van der Waals surface area contributed by atoms with Crippen molar-refractivity contribution in [2.24, 2.45) is 0 Å². The number of rotatable bonds is 10. The number of aliphatic hydroxyl groups is 1. The highest BCUT2D eigenvalue weighted by atomic mass is 35.5. The van der Waals surface area contributed by atoms with Gasteiger partial charge in [0.25, 0.3) is 5.91 Å². The molecule has 0 radical (unpaired) electrons. The van der Waals surface area contributed by atoms with E-state index in [0.29, 0.717) is 17.1 Å². The Bertz CT molecular complexity index is 1010. The van der Waals surface area contributed by atoms with Crippen LogP contribution in [0.1, 0.15) is 47.8 Å². The zero-order valence-corrected chi connectivity index (χ0v) is 19.3. The quantitative estimate of drug-likeness (QED) is 0.390. The predicted octanol–water partition coefficient (Wildman–Crippen LogP) is 4.95. The second-order valence-electron chi connectivity index (χ2n) is 8.24. The topological polar surface area (TPSA) is 68.4 Å². The van der Waals surface area contributed by atoms with Crippen LogP contribution in [0.4, 0.5) is 5.69 Å². The lowest BCUT2D eigenvalue weighted by molar-refractivity contribution is 0.0911. The van der Waals surface area contributed by atoms with Crippen molar-refractivity contribution < 1.29 is 9.90 Å². The Morgan fingerprint density at radius 2 is 1.90 bits per heavy atom. The minimum atomic E-state index is -0.365. The molecule has 0 aliphatic carbocycles. The van der Waals surface area contributed by atoms with Crippen molar-refractivity contribution in [3.05, 3.63) is 64.3 Å². The molecule has 3 N–H and O–H groups in total. The Morgan fingerprint density at radius 1 is 1.16 bits per heavy atom. The van der Waals surface area contributed by atoms with Gasteiger partial charge >= 0.3 is 0 Å². The molecule has 1 heterocycles. The number of carbonyl (C=O) groups excluding carboxylic acids is 1. The second kappa shape index (κ2) is 10.7. The summed E-state index contributed by atoms with van der Waals surface area (Å²) in [6.45, 7) is 2.04. The van der Waals surface area contributed by atoms with Crippen molar-refractivity contribution in [1.29, 1.82) is 0 Å². The number of fused-ring (bicyclic) bond motifs is 1. The van der Waals surface area contributed by atoms with Gasteiger partial charge in [-0.25, -0.2) is 0 Å². The van der Waals surface area contributed by atoms with Crippen LogP contribution >= 0.6 is 11.6 Å². The van der Waals surface area contributed by atoms with Crippen LogP contribution in [0.3, 0.4) is 0 Å². The van der Waals surface area contributed by atoms with E-state index in [4.69, 9.17) is 11.6 Å². The summed E-state index contributed by atoms with van der Waals surface area (Å²) in [4.78, 5) is 18.5. The number of benzene rings is 2. The first kappa shape index (κ1) is 23.2. The standard InChI is InChI=1S/C25H32ClN3O2/c1-4-5-6-7-21-22-15-18(26)10-13-23(22)28-24(21)25(31)27-19(16-30)14-17-8-11-20(12-9-17)29(2)3/h8-13,15,19,28,30H,4-7,14,16H2,1-3H3,(H,27,31). The first-order valence-corrected chi connectivity index (χ1v) is 11.3. The monoisotopic (exact) mass is 441 g/mol. The molecular formula is C25H32ClN3O2. The fourth-order valence-corrected chi connectivity index (χ4v) is 4.03. The summed E-state index contributed by atoms with van der Waals surface area (Å²) < 4.78 is 0. The van der Waals surface area contributed by atoms with E-state index < -0.39 is 0 Å². The molecule has 166 valence electrons. The smallest absolute Gasteiger partial charge is 0.268 e. The fourth-order valence-electron chi connectivity index (χ4n) is 3.86. The third-order valence-electron chi connectivity index (χ3n) is 5.62. The van der Waals surface area contributed by atoms with Crippen molar-refractivity contribution >= 4 is 34.1 Å². The number of aryl methyl sites for hydroxylation is 1. The number of nitrogens with zero attached hydrogens (tertiary/aromatic N) is 1. The number of amides is 1. The van der Waals surface area contributed by atoms with E-state index in [-0.39, 0.29) is 18.6 Å². The van der Waals surface area contributed by atoms with Gasteiger partial charge in [0.15, 0.2) is 0 Å². The number of unbranched alkanes of at least 4 members (excludes halogenated alkanes) is 2. The Kier molecular flexibility index (Phi) is 7.99. The van der Waals surface area contributed by atoms with Gasteiger partial charge in [-0.3, -0.25) is 4.79 Å². The van der Waals surface area contributed by atoms with Crippen LogP contribution in [0.2, 0.25) is 5.02 Å².